The van der Waals surface area contributed by atoms with Crippen molar-refractivity contribution < 1.29 is 29.3 Å². The third-order valence-corrected chi connectivity index (χ3v) is 7.76. The first-order chi connectivity index (χ1) is 15.6. The van der Waals surface area contributed by atoms with E-state index in [9.17, 15) is 24.6 Å². The van der Waals surface area contributed by atoms with Gasteiger partial charge in [0.1, 0.15) is 11.6 Å². The first-order valence-corrected chi connectivity index (χ1v) is 11.6. The lowest BCUT2D eigenvalue weighted by molar-refractivity contribution is -0.155. The van der Waals surface area contributed by atoms with Crippen LogP contribution in [0.5, 0.6) is 0 Å². The van der Waals surface area contributed by atoms with E-state index in [0.29, 0.717) is 30.0 Å². The molecule has 2 unspecified atom stereocenters. The number of carboxylic acid groups (broad SMARTS) is 1. The molecule has 0 radical (unpaired) electrons. The lowest BCUT2D eigenvalue weighted by Crippen LogP contribution is -2.59. The fourth-order valence-corrected chi connectivity index (χ4v) is 6.17. The number of nitrogens with zero attached hydrogens (tertiary/aromatic N) is 2. The molecule has 8 nitrogen and oxygen atoms in total. The summed E-state index contributed by atoms with van der Waals surface area (Å²) in [5.41, 5.74) is -1.72. The molecular formula is C24H29ClN2O6. The lowest BCUT2D eigenvalue weighted by Gasteiger charge is -2.39. The molecule has 0 saturated carbocycles. The van der Waals surface area contributed by atoms with Crippen LogP contribution in [-0.2, 0) is 19.1 Å². The number of likely N-dealkylation sites (tertiary alicyclic amines) is 1. The molecule has 6 atom stereocenters. The second kappa shape index (κ2) is 8.42. The van der Waals surface area contributed by atoms with Crippen LogP contribution in [0.1, 0.15) is 33.1 Å². The standard InChI is InChI=1S/C24H29ClN2O6/c1-4-12-26(16-8-6-14(25)7-9-16)21(30)19-24-11-10-23(3,33-24)18(22(31)32)17(24)20(29)27(19)15(5-2)13-28/h4,6-9,15,17-19,28H,1,5,10-13H2,2-3H3,(H,31,32)/t15-,17-,18+,19?,23-,24?/m0/s1. The van der Waals surface area contributed by atoms with Gasteiger partial charge < -0.3 is 24.7 Å². The average molecular weight is 477 g/mol. The zero-order chi connectivity index (χ0) is 24.1. The van der Waals surface area contributed by atoms with Gasteiger partial charge in [-0.3, -0.25) is 14.4 Å². The van der Waals surface area contributed by atoms with E-state index in [1.54, 1.807) is 37.3 Å². The Morgan fingerprint density at radius 1 is 1.36 bits per heavy atom. The largest absolute Gasteiger partial charge is 0.481 e. The smallest absolute Gasteiger partial charge is 0.310 e. The van der Waals surface area contributed by atoms with E-state index in [1.165, 1.54) is 9.80 Å². The van der Waals surface area contributed by atoms with Gasteiger partial charge in [0.2, 0.25) is 5.91 Å². The van der Waals surface area contributed by atoms with Crippen molar-refractivity contribution in [2.45, 2.75) is 56.4 Å². The number of halogens is 1. The Morgan fingerprint density at radius 3 is 2.58 bits per heavy atom. The topological polar surface area (TPSA) is 107 Å². The monoisotopic (exact) mass is 476 g/mol. The minimum absolute atomic E-state index is 0.176. The van der Waals surface area contributed by atoms with E-state index in [2.05, 4.69) is 6.58 Å². The van der Waals surface area contributed by atoms with E-state index in [4.69, 9.17) is 16.3 Å². The Kier molecular flexibility index (Phi) is 6.05. The van der Waals surface area contributed by atoms with Crippen LogP contribution >= 0.6 is 11.6 Å². The number of aliphatic hydroxyl groups excluding tert-OH is 1. The molecule has 33 heavy (non-hydrogen) atoms. The van der Waals surface area contributed by atoms with Crippen molar-refractivity contribution in [3.8, 4) is 0 Å². The van der Waals surface area contributed by atoms with Crippen molar-refractivity contribution in [1.29, 1.82) is 0 Å². The number of rotatable bonds is 8. The molecular weight excluding hydrogens is 448 g/mol. The fourth-order valence-electron chi connectivity index (χ4n) is 6.05. The highest BCUT2D eigenvalue weighted by atomic mass is 35.5. The number of carbonyl (C=O) groups excluding carboxylic acids is 2. The Hall–Kier alpha value is -2.42. The lowest BCUT2D eigenvalue weighted by atomic mass is 9.66. The number of anilines is 1. The highest BCUT2D eigenvalue weighted by molar-refractivity contribution is 6.30. The molecule has 9 heteroatoms. The quantitative estimate of drug-likeness (QED) is 0.558. The van der Waals surface area contributed by atoms with E-state index in [-0.39, 0.29) is 13.2 Å². The SMILES string of the molecule is C=CCN(C(=O)C1N([C@@H](CC)CO)C(=O)[C@@H]2[C@H](C(=O)O)[C@]3(C)CCC12O3)c1ccc(Cl)cc1. The molecule has 4 rings (SSSR count). The predicted octanol–water partition coefficient (Wildman–Crippen LogP) is 2.48. The number of carbonyl (C=O) groups is 3. The van der Waals surface area contributed by atoms with Crippen molar-refractivity contribution in [2.24, 2.45) is 11.8 Å². The Balaban J connectivity index is 1.85. The summed E-state index contributed by atoms with van der Waals surface area (Å²) in [5.74, 6) is -3.99. The molecule has 3 heterocycles. The van der Waals surface area contributed by atoms with Gasteiger partial charge in [0, 0.05) is 17.3 Å². The number of fused-ring (bicyclic) bond motifs is 1. The number of hydrogen-bond donors (Lipinski definition) is 2. The number of benzene rings is 1. The third kappa shape index (κ3) is 3.38. The third-order valence-electron chi connectivity index (χ3n) is 7.51. The van der Waals surface area contributed by atoms with Crippen LogP contribution < -0.4 is 4.90 Å². The zero-order valence-corrected chi connectivity index (χ0v) is 19.5. The highest BCUT2D eigenvalue weighted by Gasteiger charge is 2.78. The minimum atomic E-state index is -1.26. The summed E-state index contributed by atoms with van der Waals surface area (Å²) >= 11 is 6.03. The summed E-state index contributed by atoms with van der Waals surface area (Å²) in [6.07, 6.45) is 2.82. The normalized spacial score (nSPS) is 33.2. The number of aliphatic hydroxyl groups is 1. The molecule has 1 spiro atoms. The summed E-state index contributed by atoms with van der Waals surface area (Å²) in [6, 6.07) is 5.05. The Labute approximate surface area is 197 Å². The zero-order valence-electron chi connectivity index (χ0n) is 18.7. The number of carboxylic acids is 1. The molecule has 3 fully saturated rings. The van der Waals surface area contributed by atoms with Gasteiger partial charge in [0.25, 0.3) is 5.91 Å². The maximum Gasteiger partial charge on any atom is 0.310 e. The van der Waals surface area contributed by atoms with Gasteiger partial charge in [-0.1, -0.05) is 24.6 Å². The first-order valence-electron chi connectivity index (χ1n) is 11.2. The summed E-state index contributed by atoms with van der Waals surface area (Å²) in [4.78, 5) is 43.0. The number of ether oxygens (including phenoxy) is 1. The maximum atomic E-state index is 14.2. The van der Waals surface area contributed by atoms with Crippen LogP contribution in [-0.4, -0.2) is 69.3 Å². The van der Waals surface area contributed by atoms with Gasteiger partial charge in [-0.2, -0.15) is 0 Å². The summed E-state index contributed by atoms with van der Waals surface area (Å²) in [6.45, 7) is 7.12. The second-order valence-corrected chi connectivity index (χ2v) is 9.71. The van der Waals surface area contributed by atoms with Crippen LogP contribution in [0.2, 0.25) is 5.02 Å². The molecule has 2 N–H and O–H groups in total. The van der Waals surface area contributed by atoms with E-state index >= 15 is 0 Å². The first kappa shape index (κ1) is 23.7. The van der Waals surface area contributed by atoms with Gasteiger partial charge >= 0.3 is 5.97 Å². The molecule has 2 bridgehead atoms. The van der Waals surface area contributed by atoms with E-state index < -0.39 is 52.9 Å². The van der Waals surface area contributed by atoms with Crippen molar-refractivity contribution in [1.82, 2.24) is 4.90 Å². The van der Waals surface area contributed by atoms with Gasteiger partial charge in [-0.05, 0) is 50.5 Å². The van der Waals surface area contributed by atoms with Crippen molar-refractivity contribution in [2.75, 3.05) is 18.1 Å². The number of amides is 2. The number of aliphatic carboxylic acids is 1. The van der Waals surface area contributed by atoms with E-state index in [1.807, 2.05) is 6.92 Å². The molecule has 2 amide bonds. The predicted molar refractivity (Wildman–Crippen MR) is 122 cm³/mol. The maximum absolute atomic E-state index is 14.2. The molecule has 3 aliphatic heterocycles. The van der Waals surface area contributed by atoms with Crippen LogP contribution in [0.3, 0.4) is 0 Å². The molecule has 3 saturated heterocycles. The molecule has 178 valence electrons. The average Bonchev–Trinajstić information content (AvgIpc) is 3.35. The number of hydrogen-bond acceptors (Lipinski definition) is 5. The molecule has 0 aromatic heterocycles. The molecule has 1 aromatic rings. The van der Waals surface area contributed by atoms with Crippen molar-refractivity contribution in [3.05, 3.63) is 41.9 Å². The highest BCUT2D eigenvalue weighted by Crippen LogP contribution is 2.63. The van der Waals surface area contributed by atoms with Crippen molar-refractivity contribution in [3.63, 3.8) is 0 Å². The molecule has 3 aliphatic rings. The summed E-state index contributed by atoms with van der Waals surface area (Å²) < 4.78 is 6.38. The second-order valence-electron chi connectivity index (χ2n) is 9.27. The van der Waals surface area contributed by atoms with Crippen LogP contribution in [0.15, 0.2) is 36.9 Å². The summed E-state index contributed by atoms with van der Waals surface area (Å²) in [7, 11) is 0. The van der Waals surface area contributed by atoms with Crippen LogP contribution in [0.4, 0.5) is 5.69 Å². The van der Waals surface area contributed by atoms with Gasteiger partial charge in [0.05, 0.1) is 30.1 Å². The molecule has 1 aromatic carbocycles. The van der Waals surface area contributed by atoms with Gasteiger partial charge in [-0.25, -0.2) is 0 Å². The Bertz CT molecular complexity index is 980. The minimum Gasteiger partial charge on any atom is -0.481 e. The van der Waals surface area contributed by atoms with Gasteiger partial charge in [0.15, 0.2) is 0 Å². The molecule has 0 aliphatic carbocycles. The fraction of sp³-hybridized carbons (Fsp3) is 0.542. The van der Waals surface area contributed by atoms with Crippen LogP contribution in [0.25, 0.3) is 0 Å². The van der Waals surface area contributed by atoms with Gasteiger partial charge in [-0.15, -0.1) is 6.58 Å². The van der Waals surface area contributed by atoms with E-state index in [0.717, 1.165) is 0 Å². The summed E-state index contributed by atoms with van der Waals surface area (Å²) in [5, 5.41) is 20.6. The Morgan fingerprint density at radius 2 is 2.03 bits per heavy atom. The van der Waals surface area contributed by atoms with Crippen LogP contribution in [0, 0.1) is 11.8 Å². The van der Waals surface area contributed by atoms with Crippen molar-refractivity contribution >= 4 is 35.1 Å².